The molecule has 2 heterocycles. The molecule has 0 aliphatic carbocycles. The maximum Gasteiger partial charge on any atom is 0.441 e. The first-order valence-electron chi connectivity index (χ1n) is 5.57. The van der Waals surface area contributed by atoms with Crippen LogP contribution in [0.1, 0.15) is 12.0 Å². The number of halogens is 1. The van der Waals surface area contributed by atoms with Crippen molar-refractivity contribution in [2.75, 3.05) is 6.54 Å². The van der Waals surface area contributed by atoms with E-state index in [-0.39, 0.29) is 0 Å². The van der Waals surface area contributed by atoms with Gasteiger partial charge in [0.05, 0.1) is 10.3 Å². The van der Waals surface area contributed by atoms with E-state index in [0.29, 0.717) is 13.0 Å². The van der Waals surface area contributed by atoms with Gasteiger partial charge in [-0.2, -0.15) is 0 Å². The van der Waals surface area contributed by atoms with E-state index in [9.17, 15) is 9.59 Å². The van der Waals surface area contributed by atoms with E-state index in [1.54, 1.807) is 11.5 Å². The lowest BCUT2D eigenvalue weighted by atomic mass is 10.1. The SMILES string of the molecule is NCCC1=CS2(OC(=O)C(=O)O2)c2ccc(Br)cc21. The smallest absolute Gasteiger partial charge is 0.330 e. The molecule has 7 heteroatoms. The number of nitrogens with two attached hydrogens (primary N) is 1. The monoisotopic (exact) mass is 343 g/mol. The van der Waals surface area contributed by atoms with Gasteiger partial charge in [0.1, 0.15) is 0 Å². The standard InChI is InChI=1S/C12H10BrNO4S/c13-8-1-2-10-9(5-8)7(3-4-14)6-19(10)17-11(15)12(16)18-19/h1-2,5-6H,3-4,14H2. The van der Waals surface area contributed by atoms with E-state index in [1.807, 2.05) is 12.1 Å². The Labute approximate surface area is 119 Å². The summed E-state index contributed by atoms with van der Waals surface area (Å²) >= 11 is 3.40. The maximum atomic E-state index is 11.3. The second-order valence-corrected chi connectivity index (χ2v) is 7.12. The highest BCUT2D eigenvalue weighted by atomic mass is 79.9. The van der Waals surface area contributed by atoms with Crippen molar-refractivity contribution < 1.29 is 18.0 Å². The van der Waals surface area contributed by atoms with Gasteiger partial charge in [-0.3, -0.25) is 0 Å². The topological polar surface area (TPSA) is 78.6 Å². The molecule has 0 bridgehead atoms. The molecule has 0 amide bonds. The van der Waals surface area contributed by atoms with Crippen LogP contribution in [0.3, 0.4) is 0 Å². The molecule has 5 nitrogen and oxygen atoms in total. The molecule has 0 aromatic heterocycles. The summed E-state index contributed by atoms with van der Waals surface area (Å²) in [6.45, 7) is 0.467. The summed E-state index contributed by atoms with van der Waals surface area (Å²) < 4.78 is 11.3. The minimum absolute atomic E-state index is 0.467. The third-order valence-electron chi connectivity index (χ3n) is 2.87. The van der Waals surface area contributed by atoms with Crippen molar-refractivity contribution in [1.29, 1.82) is 0 Å². The molecule has 3 rings (SSSR count). The van der Waals surface area contributed by atoms with E-state index >= 15 is 0 Å². The van der Waals surface area contributed by atoms with Crippen LogP contribution in [0.15, 0.2) is 33.0 Å². The second-order valence-electron chi connectivity index (χ2n) is 4.11. The summed E-state index contributed by atoms with van der Waals surface area (Å²) in [4.78, 5) is 23.4. The molecule has 1 fully saturated rings. The van der Waals surface area contributed by atoms with Crippen LogP contribution in [-0.4, -0.2) is 18.5 Å². The van der Waals surface area contributed by atoms with Crippen LogP contribution in [0.25, 0.3) is 5.57 Å². The summed E-state index contributed by atoms with van der Waals surface area (Å²) in [5, 5.41) is 1.74. The van der Waals surface area contributed by atoms with Crippen molar-refractivity contribution in [3.8, 4) is 0 Å². The molecule has 0 atom stereocenters. The molecule has 1 aromatic carbocycles. The van der Waals surface area contributed by atoms with E-state index in [0.717, 1.165) is 20.5 Å². The molecular weight excluding hydrogens is 334 g/mol. The Hall–Kier alpha value is -1.31. The molecule has 19 heavy (non-hydrogen) atoms. The van der Waals surface area contributed by atoms with Gasteiger partial charge in [0.2, 0.25) is 0 Å². The second kappa shape index (κ2) is 4.36. The summed E-state index contributed by atoms with van der Waals surface area (Å²) in [5.41, 5.74) is 7.44. The molecule has 0 radical (unpaired) electrons. The lowest BCUT2D eigenvalue weighted by Gasteiger charge is -2.28. The van der Waals surface area contributed by atoms with Crippen molar-refractivity contribution in [1.82, 2.24) is 0 Å². The van der Waals surface area contributed by atoms with Crippen LogP contribution >= 0.6 is 26.5 Å². The highest BCUT2D eigenvalue weighted by molar-refractivity contribution is 9.10. The quantitative estimate of drug-likeness (QED) is 0.833. The van der Waals surface area contributed by atoms with Gasteiger partial charge in [-0.15, -0.1) is 0 Å². The molecule has 1 aromatic rings. The number of carbonyl (C=O) groups excluding carboxylic acids is 2. The van der Waals surface area contributed by atoms with E-state index in [1.165, 1.54) is 0 Å². The summed E-state index contributed by atoms with van der Waals surface area (Å²) in [6, 6.07) is 5.55. The van der Waals surface area contributed by atoms with Crippen molar-refractivity contribution in [2.45, 2.75) is 11.3 Å². The Kier molecular flexibility index (Phi) is 2.92. The van der Waals surface area contributed by atoms with Gasteiger partial charge in [0.15, 0.2) is 0 Å². The molecular formula is C12H10BrNO4S. The zero-order chi connectivity index (χ0) is 13.6. The number of rotatable bonds is 2. The zero-order valence-corrected chi connectivity index (χ0v) is 12.1. The lowest BCUT2D eigenvalue weighted by Crippen LogP contribution is -2.05. The third kappa shape index (κ3) is 1.89. The Morgan fingerprint density at radius 2 is 1.89 bits per heavy atom. The summed E-state index contributed by atoms with van der Waals surface area (Å²) in [5.74, 6) is -1.87. The number of benzene rings is 1. The zero-order valence-electron chi connectivity index (χ0n) is 9.72. The lowest BCUT2D eigenvalue weighted by molar-refractivity contribution is -0.150. The molecule has 0 unspecified atom stereocenters. The molecule has 100 valence electrons. The molecule has 2 N–H and O–H groups in total. The van der Waals surface area contributed by atoms with Crippen molar-refractivity contribution in [3.63, 3.8) is 0 Å². The Morgan fingerprint density at radius 1 is 1.21 bits per heavy atom. The van der Waals surface area contributed by atoms with Crippen LogP contribution in [0.4, 0.5) is 0 Å². The van der Waals surface area contributed by atoms with E-state index in [2.05, 4.69) is 15.9 Å². The minimum Gasteiger partial charge on any atom is -0.330 e. The molecule has 2 aliphatic heterocycles. The highest BCUT2D eigenvalue weighted by Gasteiger charge is 2.46. The van der Waals surface area contributed by atoms with Gasteiger partial charge in [-0.25, -0.2) is 9.59 Å². The molecule has 0 saturated carbocycles. The summed E-state index contributed by atoms with van der Waals surface area (Å²) in [6.07, 6.45) is 0.632. The van der Waals surface area contributed by atoms with Crippen LogP contribution in [0.5, 0.6) is 0 Å². The predicted molar refractivity (Wildman–Crippen MR) is 73.8 cm³/mol. The number of hydrogen-bond acceptors (Lipinski definition) is 5. The molecule has 2 aliphatic rings. The number of fused-ring (bicyclic) bond motifs is 2. The highest BCUT2D eigenvalue weighted by Crippen LogP contribution is 2.69. The first-order chi connectivity index (χ1) is 9.05. The molecule has 1 spiro atoms. The predicted octanol–water partition coefficient (Wildman–Crippen LogP) is 2.25. The summed E-state index contributed by atoms with van der Waals surface area (Å²) in [7, 11) is -2.41. The first kappa shape index (κ1) is 12.7. The molecule has 1 saturated heterocycles. The fourth-order valence-electron chi connectivity index (χ4n) is 2.11. The van der Waals surface area contributed by atoms with Gasteiger partial charge in [0, 0.05) is 10.0 Å². The normalized spacial score (nSPS) is 20.8. The minimum atomic E-state index is -2.41. The Balaban J connectivity index is 2.15. The van der Waals surface area contributed by atoms with E-state index < -0.39 is 22.5 Å². The van der Waals surface area contributed by atoms with E-state index in [4.69, 9.17) is 14.1 Å². The fraction of sp³-hybridized carbons (Fsp3) is 0.167. The Bertz CT molecular complexity index is 612. The van der Waals surface area contributed by atoms with Gasteiger partial charge in [-0.1, -0.05) is 26.5 Å². The van der Waals surface area contributed by atoms with Gasteiger partial charge in [-0.05, 0) is 36.7 Å². The van der Waals surface area contributed by atoms with Crippen LogP contribution in [0, 0.1) is 0 Å². The largest absolute Gasteiger partial charge is 0.441 e. The third-order valence-corrected chi connectivity index (χ3v) is 5.73. The van der Waals surface area contributed by atoms with Gasteiger partial charge < -0.3 is 14.1 Å². The van der Waals surface area contributed by atoms with Gasteiger partial charge >= 0.3 is 11.9 Å². The first-order valence-corrected chi connectivity index (χ1v) is 7.91. The average Bonchev–Trinajstić information content (AvgIpc) is 2.79. The van der Waals surface area contributed by atoms with Crippen LogP contribution < -0.4 is 5.73 Å². The maximum absolute atomic E-state index is 11.3. The number of hydrogen-bond donors (Lipinski definition) is 1. The van der Waals surface area contributed by atoms with Crippen LogP contribution in [-0.2, 0) is 18.0 Å². The van der Waals surface area contributed by atoms with Crippen molar-refractivity contribution in [3.05, 3.63) is 33.6 Å². The fourth-order valence-corrected chi connectivity index (χ4v) is 4.87. The van der Waals surface area contributed by atoms with Crippen molar-refractivity contribution >= 4 is 44.0 Å². The van der Waals surface area contributed by atoms with Crippen molar-refractivity contribution in [2.24, 2.45) is 5.73 Å². The number of carbonyl (C=O) groups is 2. The Morgan fingerprint density at radius 3 is 2.53 bits per heavy atom. The van der Waals surface area contributed by atoms with Crippen LogP contribution in [0.2, 0.25) is 0 Å². The van der Waals surface area contributed by atoms with Gasteiger partial charge in [0.25, 0.3) is 0 Å². The average molecular weight is 344 g/mol.